The number of fused-ring (bicyclic) bond motifs is 1. The van der Waals surface area contributed by atoms with Crippen molar-refractivity contribution in [3.05, 3.63) is 77.9 Å². The minimum Gasteiger partial charge on any atom is -0.504 e. The largest absolute Gasteiger partial charge is 0.504 e. The number of rotatable bonds is 7. The molecule has 1 N–H and O–H groups in total. The molecule has 0 unspecified atom stereocenters. The average Bonchev–Trinajstić information content (AvgIpc) is 3.16. The number of carbonyl (C=O) groups is 1. The molecule has 0 amide bonds. The highest BCUT2D eigenvalue weighted by Gasteiger charge is 2.18. The summed E-state index contributed by atoms with van der Waals surface area (Å²) in [6.07, 6.45) is 2.16. The summed E-state index contributed by atoms with van der Waals surface area (Å²) in [5.74, 6) is 0.877. The van der Waals surface area contributed by atoms with Crippen molar-refractivity contribution in [2.75, 3.05) is 13.4 Å². The lowest BCUT2D eigenvalue weighted by Crippen LogP contribution is -2.07. The molecule has 0 saturated heterocycles. The third kappa shape index (κ3) is 4.54. The first-order valence-corrected chi connectivity index (χ1v) is 11.0. The zero-order chi connectivity index (χ0) is 21.8. The van der Waals surface area contributed by atoms with Crippen molar-refractivity contribution in [2.45, 2.75) is 17.9 Å². The number of hydrogen-bond donors (Lipinski definition) is 1. The molecule has 0 atom stereocenters. The third-order valence-corrected chi connectivity index (χ3v) is 5.76. The number of thioether (sulfide) groups is 1. The molecule has 0 aliphatic heterocycles. The van der Waals surface area contributed by atoms with Crippen LogP contribution in [-0.2, 0) is 22.6 Å². The maximum atomic E-state index is 12.3. The molecule has 0 saturated carbocycles. The first-order chi connectivity index (χ1) is 15.1. The topological polar surface area (TPSA) is 68.9 Å². The Balaban J connectivity index is 1.58. The van der Waals surface area contributed by atoms with E-state index in [2.05, 4.69) is 0 Å². The summed E-state index contributed by atoms with van der Waals surface area (Å²) in [5, 5.41) is 10.8. The predicted molar refractivity (Wildman–Crippen MR) is 122 cm³/mol. The quantitative estimate of drug-likeness (QED) is 0.292. The Morgan fingerprint density at radius 1 is 1.03 bits per heavy atom. The highest BCUT2D eigenvalue weighted by molar-refractivity contribution is 7.99. The molecule has 6 heteroatoms. The van der Waals surface area contributed by atoms with Crippen LogP contribution in [0.3, 0.4) is 0 Å². The number of aromatic hydroxyl groups is 1. The van der Waals surface area contributed by atoms with E-state index in [9.17, 15) is 9.90 Å². The van der Waals surface area contributed by atoms with Crippen LogP contribution in [0.4, 0.5) is 0 Å². The van der Waals surface area contributed by atoms with Gasteiger partial charge in [0, 0.05) is 10.9 Å². The Bertz CT molecular complexity index is 1210. The van der Waals surface area contributed by atoms with Crippen molar-refractivity contribution in [2.24, 2.45) is 0 Å². The van der Waals surface area contributed by atoms with E-state index in [4.69, 9.17) is 13.9 Å². The van der Waals surface area contributed by atoms with E-state index >= 15 is 0 Å². The van der Waals surface area contributed by atoms with Crippen molar-refractivity contribution in [1.29, 1.82) is 0 Å². The smallest absolute Gasteiger partial charge is 0.310 e. The second-order valence-electron chi connectivity index (χ2n) is 7.00. The van der Waals surface area contributed by atoms with Crippen molar-refractivity contribution in [3.63, 3.8) is 0 Å². The van der Waals surface area contributed by atoms with E-state index in [1.165, 1.54) is 7.11 Å². The van der Waals surface area contributed by atoms with Gasteiger partial charge < -0.3 is 19.0 Å². The number of phenols is 1. The van der Waals surface area contributed by atoms with Crippen LogP contribution < -0.4 is 4.74 Å². The van der Waals surface area contributed by atoms with E-state index in [1.807, 2.05) is 54.8 Å². The van der Waals surface area contributed by atoms with Gasteiger partial charge in [-0.25, -0.2) is 0 Å². The Labute approximate surface area is 184 Å². The van der Waals surface area contributed by atoms with Gasteiger partial charge in [-0.15, -0.1) is 11.8 Å². The molecular weight excluding hydrogens is 412 g/mol. The SMILES string of the molecule is COc1cc(-c2oc3ccc(CC(=O)OCc4ccccc4)cc3c2SC)ccc1O. The van der Waals surface area contributed by atoms with Gasteiger partial charge >= 0.3 is 5.97 Å². The van der Waals surface area contributed by atoms with Crippen LogP contribution in [0.25, 0.3) is 22.3 Å². The van der Waals surface area contributed by atoms with Crippen LogP contribution in [-0.4, -0.2) is 24.4 Å². The lowest BCUT2D eigenvalue weighted by molar-refractivity contribution is -0.144. The number of benzene rings is 3. The Morgan fingerprint density at radius 2 is 1.84 bits per heavy atom. The molecule has 0 aliphatic rings. The molecule has 158 valence electrons. The fraction of sp³-hybridized carbons (Fsp3) is 0.160. The highest BCUT2D eigenvalue weighted by Crippen LogP contribution is 2.41. The lowest BCUT2D eigenvalue weighted by Gasteiger charge is -2.06. The normalized spacial score (nSPS) is 10.9. The first-order valence-electron chi connectivity index (χ1n) is 9.75. The third-order valence-electron chi connectivity index (χ3n) is 4.94. The number of ether oxygens (including phenoxy) is 2. The molecular formula is C25H22O5S. The number of phenolic OH excluding ortho intramolecular Hbond substituents is 1. The number of esters is 1. The Hall–Kier alpha value is -3.38. The minimum absolute atomic E-state index is 0.0735. The van der Waals surface area contributed by atoms with Gasteiger partial charge in [0.1, 0.15) is 18.0 Å². The lowest BCUT2D eigenvalue weighted by atomic mass is 10.1. The summed E-state index contributed by atoms with van der Waals surface area (Å²) in [4.78, 5) is 13.3. The Kier molecular flexibility index (Phi) is 6.18. The fourth-order valence-corrected chi connectivity index (χ4v) is 4.12. The maximum Gasteiger partial charge on any atom is 0.310 e. The van der Waals surface area contributed by atoms with Gasteiger partial charge in [0.05, 0.1) is 18.4 Å². The molecule has 3 aromatic carbocycles. The molecule has 0 spiro atoms. The zero-order valence-corrected chi connectivity index (χ0v) is 18.1. The molecule has 5 nitrogen and oxygen atoms in total. The van der Waals surface area contributed by atoms with E-state index in [1.54, 1.807) is 30.0 Å². The number of furan rings is 1. The van der Waals surface area contributed by atoms with Crippen LogP contribution in [0.2, 0.25) is 0 Å². The van der Waals surface area contributed by atoms with Gasteiger partial charge in [0.15, 0.2) is 11.5 Å². The molecule has 4 aromatic rings. The summed E-state index contributed by atoms with van der Waals surface area (Å²) < 4.78 is 16.7. The molecule has 4 rings (SSSR count). The van der Waals surface area contributed by atoms with Gasteiger partial charge in [-0.3, -0.25) is 4.79 Å². The van der Waals surface area contributed by atoms with Crippen molar-refractivity contribution in [3.8, 4) is 22.8 Å². The summed E-state index contributed by atoms with van der Waals surface area (Å²) in [6.45, 7) is 0.260. The summed E-state index contributed by atoms with van der Waals surface area (Å²) in [7, 11) is 1.51. The van der Waals surface area contributed by atoms with Gasteiger partial charge in [0.2, 0.25) is 0 Å². The Morgan fingerprint density at radius 3 is 2.58 bits per heavy atom. The van der Waals surface area contributed by atoms with Crippen LogP contribution in [0.1, 0.15) is 11.1 Å². The van der Waals surface area contributed by atoms with E-state index < -0.39 is 0 Å². The van der Waals surface area contributed by atoms with Crippen LogP contribution in [0.15, 0.2) is 76.0 Å². The van der Waals surface area contributed by atoms with Gasteiger partial charge in [-0.2, -0.15) is 0 Å². The highest BCUT2D eigenvalue weighted by atomic mass is 32.2. The summed E-state index contributed by atoms with van der Waals surface area (Å²) in [6, 6.07) is 20.4. The summed E-state index contributed by atoms with van der Waals surface area (Å²) in [5.41, 5.74) is 3.35. The second-order valence-corrected chi connectivity index (χ2v) is 7.82. The molecule has 1 aromatic heterocycles. The number of methoxy groups -OCH3 is 1. The summed E-state index contributed by atoms with van der Waals surface area (Å²) >= 11 is 1.57. The fourth-order valence-electron chi connectivity index (χ4n) is 3.40. The monoisotopic (exact) mass is 434 g/mol. The molecule has 0 bridgehead atoms. The maximum absolute atomic E-state index is 12.3. The van der Waals surface area contributed by atoms with Gasteiger partial charge in [-0.05, 0) is 47.7 Å². The molecule has 31 heavy (non-hydrogen) atoms. The van der Waals surface area contributed by atoms with Gasteiger partial charge in [0.25, 0.3) is 0 Å². The second kappa shape index (κ2) is 9.18. The standard InChI is InChI=1S/C25H22O5S/c1-28-22-14-18(9-10-20(22)26)24-25(31-2)19-12-17(8-11-21(19)30-24)13-23(27)29-15-16-6-4-3-5-7-16/h3-12,14,26H,13,15H2,1-2H3. The van der Waals surface area contributed by atoms with Crippen molar-refractivity contribution >= 4 is 28.7 Å². The van der Waals surface area contributed by atoms with Crippen LogP contribution in [0, 0.1) is 0 Å². The van der Waals surface area contributed by atoms with E-state index in [0.717, 1.165) is 32.6 Å². The zero-order valence-electron chi connectivity index (χ0n) is 17.3. The molecule has 1 heterocycles. The van der Waals surface area contributed by atoms with Crippen LogP contribution >= 0.6 is 11.8 Å². The number of carbonyl (C=O) groups excluding carboxylic acids is 1. The predicted octanol–water partition coefficient (Wildman–Crippen LogP) is 5.82. The first kappa shape index (κ1) is 20.9. The minimum atomic E-state index is -0.277. The van der Waals surface area contributed by atoms with Crippen LogP contribution in [0.5, 0.6) is 11.5 Å². The van der Waals surface area contributed by atoms with Crippen molar-refractivity contribution < 1.29 is 23.8 Å². The van der Waals surface area contributed by atoms with E-state index in [-0.39, 0.29) is 24.7 Å². The average molecular weight is 435 g/mol. The van der Waals surface area contributed by atoms with E-state index in [0.29, 0.717) is 11.5 Å². The molecule has 0 radical (unpaired) electrons. The van der Waals surface area contributed by atoms with Gasteiger partial charge in [-0.1, -0.05) is 36.4 Å². The molecule has 0 aliphatic carbocycles. The molecule has 0 fully saturated rings. The van der Waals surface area contributed by atoms with Crippen molar-refractivity contribution in [1.82, 2.24) is 0 Å². The number of hydrogen-bond acceptors (Lipinski definition) is 6.